The number of ketones is 1. The highest BCUT2D eigenvalue weighted by Gasteiger charge is 2.54. The highest BCUT2D eigenvalue weighted by molar-refractivity contribution is 5.95. The molecule has 0 amide bonds. The van der Waals surface area contributed by atoms with Crippen molar-refractivity contribution in [1.82, 2.24) is 0 Å². The lowest BCUT2D eigenvalue weighted by atomic mass is 9.48. The zero-order chi connectivity index (χ0) is 18.5. The number of hydrogen-bond acceptors (Lipinski definition) is 5. The first-order valence-electron chi connectivity index (χ1n) is 9.32. The molecule has 4 bridgehead atoms. The largest absolute Gasteiger partial charge is 0.454 e. The van der Waals surface area contributed by atoms with E-state index in [4.69, 9.17) is 4.74 Å². The molecule has 4 aliphatic carbocycles. The molecule has 5 rings (SSSR count). The van der Waals surface area contributed by atoms with Crippen molar-refractivity contribution in [3.05, 3.63) is 39.4 Å². The summed E-state index contributed by atoms with van der Waals surface area (Å²) in [5, 5.41) is 11.0. The number of nitrogens with zero attached hydrogens (tertiary/aromatic N) is 1. The van der Waals surface area contributed by atoms with Gasteiger partial charge in [0, 0.05) is 17.0 Å². The minimum absolute atomic E-state index is 0.0352. The van der Waals surface area contributed by atoms with Crippen LogP contribution in [0.2, 0.25) is 0 Å². The Morgan fingerprint density at radius 2 is 1.73 bits per heavy atom. The molecule has 0 aliphatic heterocycles. The van der Waals surface area contributed by atoms with Gasteiger partial charge in [0.05, 0.1) is 10.5 Å². The van der Waals surface area contributed by atoms with Crippen molar-refractivity contribution < 1.29 is 19.2 Å². The first kappa shape index (κ1) is 17.2. The van der Waals surface area contributed by atoms with Gasteiger partial charge in [-0.25, -0.2) is 4.79 Å². The van der Waals surface area contributed by atoms with Crippen molar-refractivity contribution in [2.75, 3.05) is 6.61 Å². The first-order chi connectivity index (χ1) is 12.4. The number of nitro benzene ring substituents is 1. The Hall–Kier alpha value is -2.24. The highest BCUT2D eigenvalue weighted by Crippen LogP contribution is 2.60. The molecular formula is C20H23NO5. The monoisotopic (exact) mass is 357 g/mol. The minimum Gasteiger partial charge on any atom is -0.454 e. The zero-order valence-corrected chi connectivity index (χ0v) is 14.9. The smallest absolute Gasteiger partial charge is 0.339 e. The first-order valence-corrected chi connectivity index (χ1v) is 9.32. The maximum absolute atomic E-state index is 12.9. The fraction of sp³-hybridized carbons (Fsp3) is 0.600. The van der Waals surface area contributed by atoms with Gasteiger partial charge in [-0.2, -0.15) is 0 Å². The second kappa shape index (κ2) is 6.18. The Balaban J connectivity index is 1.45. The third-order valence-electron chi connectivity index (χ3n) is 6.69. The molecule has 0 radical (unpaired) electrons. The van der Waals surface area contributed by atoms with E-state index < -0.39 is 10.9 Å². The SMILES string of the molecule is Cc1c(C(=O)OCC(=O)C23CC4CC(CC(C4)C2)C3)cccc1[N+](=O)[O-]. The molecule has 0 heterocycles. The topological polar surface area (TPSA) is 86.5 Å². The maximum atomic E-state index is 12.9. The number of carbonyl (C=O) groups is 2. The van der Waals surface area contributed by atoms with E-state index in [1.54, 1.807) is 0 Å². The Labute approximate surface area is 152 Å². The Bertz CT molecular complexity index is 749. The van der Waals surface area contributed by atoms with Crippen LogP contribution in [0.15, 0.2) is 18.2 Å². The molecule has 0 saturated heterocycles. The third-order valence-corrected chi connectivity index (χ3v) is 6.69. The molecule has 0 aromatic heterocycles. The number of ether oxygens (including phenoxy) is 1. The van der Waals surface area contributed by atoms with Gasteiger partial charge in [0.2, 0.25) is 0 Å². The van der Waals surface area contributed by atoms with Crippen molar-refractivity contribution >= 4 is 17.4 Å². The highest BCUT2D eigenvalue weighted by atomic mass is 16.6. The lowest BCUT2D eigenvalue weighted by Gasteiger charge is -2.55. The predicted octanol–water partition coefficient (Wildman–Crippen LogP) is 3.85. The van der Waals surface area contributed by atoms with E-state index in [9.17, 15) is 19.7 Å². The fourth-order valence-electron chi connectivity index (χ4n) is 5.86. The molecular weight excluding hydrogens is 334 g/mol. The van der Waals surface area contributed by atoms with Crippen molar-refractivity contribution in [2.45, 2.75) is 45.4 Å². The molecule has 4 saturated carbocycles. The lowest BCUT2D eigenvalue weighted by Crippen LogP contribution is -2.51. The minimum atomic E-state index is -0.663. The quantitative estimate of drug-likeness (QED) is 0.454. The summed E-state index contributed by atoms with van der Waals surface area (Å²) in [5.74, 6) is 1.33. The lowest BCUT2D eigenvalue weighted by molar-refractivity contribution is -0.385. The fourth-order valence-corrected chi connectivity index (χ4v) is 5.86. The second-order valence-electron chi connectivity index (χ2n) is 8.40. The van der Waals surface area contributed by atoms with Crippen molar-refractivity contribution in [1.29, 1.82) is 0 Å². The standard InChI is InChI=1S/C20H23NO5/c1-12-16(3-2-4-17(12)21(24)25)19(23)26-11-18(22)20-8-13-5-14(9-20)7-15(6-13)10-20/h2-4,13-15H,5-11H2,1H3. The maximum Gasteiger partial charge on any atom is 0.339 e. The molecule has 6 heteroatoms. The number of hydrogen-bond donors (Lipinski definition) is 0. The van der Waals surface area contributed by atoms with E-state index in [1.807, 2.05) is 0 Å². The summed E-state index contributed by atoms with van der Waals surface area (Å²) in [4.78, 5) is 35.8. The summed E-state index contributed by atoms with van der Waals surface area (Å²) in [5.41, 5.74) is 0.00127. The van der Waals surface area contributed by atoms with Crippen LogP contribution in [0, 0.1) is 40.2 Å². The van der Waals surface area contributed by atoms with Crippen LogP contribution in [0.3, 0.4) is 0 Å². The van der Waals surface area contributed by atoms with Crippen LogP contribution in [-0.2, 0) is 9.53 Å². The summed E-state index contributed by atoms with van der Waals surface area (Å²) in [6.07, 6.45) is 6.55. The van der Waals surface area contributed by atoms with Gasteiger partial charge in [-0.1, -0.05) is 6.07 Å². The van der Waals surface area contributed by atoms with Crippen molar-refractivity contribution in [3.8, 4) is 0 Å². The number of nitro groups is 1. The number of carbonyl (C=O) groups excluding carboxylic acids is 2. The van der Waals surface area contributed by atoms with Crippen molar-refractivity contribution in [2.24, 2.45) is 23.2 Å². The Kier molecular flexibility index (Phi) is 4.09. The van der Waals surface area contributed by atoms with Crippen LogP contribution >= 0.6 is 0 Å². The number of rotatable bonds is 5. The van der Waals surface area contributed by atoms with Gasteiger partial charge >= 0.3 is 5.97 Å². The van der Waals surface area contributed by atoms with E-state index >= 15 is 0 Å². The molecule has 0 spiro atoms. The average Bonchev–Trinajstić information content (AvgIpc) is 2.58. The Morgan fingerprint density at radius 3 is 2.27 bits per heavy atom. The normalized spacial score (nSPS) is 31.7. The third kappa shape index (κ3) is 2.81. The molecule has 6 nitrogen and oxygen atoms in total. The number of esters is 1. The van der Waals surface area contributed by atoms with Crippen LogP contribution in [0.4, 0.5) is 5.69 Å². The van der Waals surface area contributed by atoms with Crippen LogP contribution in [0.5, 0.6) is 0 Å². The van der Waals surface area contributed by atoms with E-state index in [-0.39, 0.29) is 34.6 Å². The zero-order valence-electron chi connectivity index (χ0n) is 14.9. The summed E-state index contributed by atoms with van der Waals surface area (Å²) in [7, 11) is 0. The summed E-state index contributed by atoms with van der Waals surface area (Å²) < 4.78 is 5.28. The molecule has 0 unspecified atom stereocenters. The van der Waals surface area contributed by atoms with Crippen LogP contribution in [0.1, 0.15) is 54.4 Å². The average molecular weight is 357 g/mol. The number of benzene rings is 1. The van der Waals surface area contributed by atoms with Gasteiger partial charge in [0.1, 0.15) is 0 Å². The summed E-state index contributed by atoms with van der Waals surface area (Å²) in [6, 6.07) is 4.31. The van der Waals surface area contributed by atoms with Crippen LogP contribution < -0.4 is 0 Å². The van der Waals surface area contributed by atoms with E-state index in [2.05, 4.69) is 0 Å². The van der Waals surface area contributed by atoms with Gasteiger partial charge in [-0.05, 0) is 69.3 Å². The van der Waals surface area contributed by atoms with Gasteiger partial charge in [-0.3, -0.25) is 14.9 Å². The second-order valence-corrected chi connectivity index (χ2v) is 8.40. The summed E-state index contributed by atoms with van der Waals surface area (Å²) in [6.45, 7) is 1.29. The van der Waals surface area contributed by atoms with Crippen molar-refractivity contribution in [3.63, 3.8) is 0 Å². The molecule has 4 fully saturated rings. The predicted molar refractivity (Wildman–Crippen MR) is 93.7 cm³/mol. The van der Waals surface area contributed by atoms with Crippen LogP contribution in [-0.4, -0.2) is 23.3 Å². The molecule has 0 atom stereocenters. The van der Waals surface area contributed by atoms with E-state index in [0.29, 0.717) is 17.8 Å². The Morgan fingerprint density at radius 1 is 1.15 bits per heavy atom. The van der Waals surface area contributed by atoms with E-state index in [1.165, 1.54) is 44.4 Å². The van der Waals surface area contributed by atoms with E-state index in [0.717, 1.165) is 19.3 Å². The molecule has 1 aromatic carbocycles. The number of Topliss-reactive ketones (excluding diaryl/α,β-unsaturated/α-hetero) is 1. The van der Waals surface area contributed by atoms with Gasteiger partial charge in [-0.15, -0.1) is 0 Å². The van der Waals surface area contributed by atoms with Crippen LogP contribution in [0.25, 0.3) is 0 Å². The van der Waals surface area contributed by atoms with Gasteiger partial charge in [0.15, 0.2) is 12.4 Å². The summed E-state index contributed by atoms with van der Waals surface area (Å²) >= 11 is 0. The molecule has 0 N–H and O–H groups in total. The van der Waals surface area contributed by atoms with Gasteiger partial charge < -0.3 is 4.74 Å². The molecule has 26 heavy (non-hydrogen) atoms. The molecule has 138 valence electrons. The van der Waals surface area contributed by atoms with Gasteiger partial charge in [0.25, 0.3) is 5.69 Å². The molecule has 1 aromatic rings. The molecule has 4 aliphatic rings.